The second kappa shape index (κ2) is 5.61. The maximum atomic E-state index is 12.1. The van der Waals surface area contributed by atoms with Crippen molar-refractivity contribution in [2.45, 2.75) is 20.0 Å². The molecule has 2 heterocycles. The summed E-state index contributed by atoms with van der Waals surface area (Å²) in [6.45, 7) is 3.15. The molecule has 19 heavy (non-hydrogen) atoms. The number of carbonyl (C=O) groups excluding carboxylic acids is 1. The average molecular weight is 264 g/mol. The standard InChI is InChI=1S/C11H16N6O2/c1-8-5-9(14-19-8)6-16(2)11(18)10-7-17(4-3-12)15-13-10/h5,7H,3-4,6,12H2,1-2H3. The van der Waals surface area contributed by atoms with Crippen molar-refractivity contribution in [2.75, 3.05) is 13.6 Å². The zero-order chi connectivity index (χ0) is 13.8. The molecule has 8 nitrogen and oxygen atoms in total. The molecule has 0 fully saturated rings. The number of amides is 1. The molecule has 2 N–H and O–H groups in total. The molecule has 102 valence electrons. The minimum absolute atomic E-state index is 0.219. The third-order valence-corrected chi connectivity index (χ3v) is 2.54. The Kier molecular flexibility index (Phi) is 3.91. The van der Waals surface area contributed by atoms with Crippen molar-refractivity contribution in [1.82, 2.24) is 25.1 Å². The van der Waals surface area contributed by atoms with Crippen LogP contribution in [0.4, 0.5) is 0 Å². The second-order valence-electron chi connectivity index (χ2n) is 4.25. The molecule has 0 aliphatic rings. The van der Waals surface area contributed by atoms with Crippen molar-refractivity contribution in [2.24, 2.45) is 5.73 Å². The topological polar surface area (TPSA) is 103 Å². The monoisotopic (exact) mass is 264 g/mol. The first-order chi connectivity index (χ1) is 9.10. The summed E-state index contributed by atoms with van der Waals surface area (Å²) >= 11 is 0. The van der Waals surface area contributed by atoms with Crippen LogP contribution in [-0.2, 0) is 13.1 Å². The number of nitrogens with zero attached hydrogens (tertiary/aromatic N) is 5. The van der Waals surface area contributed by atoms with Gasteiger partial charge in [-0.15, -0.1) is 5.10 Å². The van der Waals surface area contributed by atoms with Gasteiger partial charge in [0.15, 0.2) is 5.69 Å². The Morgan fingerprint density at radius 2 is 2.37 bits per heavy atom. The van der Waals surface area contributed by atoms with E-state index in [2.05, 4.69) is 15.5 Å². The lowest BCUT2D eigenvalue weighted by Gasteiger charge is -2.13. The van der Waals surface area contributed by atoms with Crippen LogP contribution in [0.1, 0.15) is 21.9 Å². The first-order valence-electron chi connectivity index (χ1n) is 5.88. The van der Waals surface area contributed by atoms with Gasteiger partial charge >= 0.3 is 0 Å². The number of nitrogens with two attached hydrogens (primary N) is 1. The fraction of sp³-hybridized carbons (Fsp3) is 0.455. The van der Waals surface area contributed by atoms with Gasteiger partial charge in [-0.1, -0.05) is 10.4 Å². The molecule has 0 aromatic carbocycles. The maximum Gasteiger partial charge on any atom is 0.276 e. The van der Waals surface area contributed by atoms with E-state index in [9.17, 15) is 4.79 Å². The zero-order valence-corrected chi connectivity index (χ0v) is 10.9. The van der Waals surface area contributed by atoms with Crippen LogP contribution < -0.4 is 5.73 Å². The molecule has 0 spiro atoms. The van der Waals surface area contributed by atoms with Gasteiger partial charge in [-0.25, -0.2) is 0 Å². The van der Waals surface area contributed by atoms with Crippen molar-refractivity contribution in [3.05, 3.63) is 29.4 Å². The van der Waals surface area contributed by atoms with Crippen LogP contribution in [0.15, 0.2) is 16.8 Å². The lowest BCUT2D eigenvalue weighted by molar-refractivity contribution is 0.0776. The molecule has 0 radical (unpaired) electrons. The first kappa shape index (κ1) is 13.2. The number of hydrogen-bond donors (Lipinski definition) is 1. The van der Waals surface area contributed by atoms with Crippen LogP contribution in [0.2, 0.25) is 0 Å². The zero-order valence-electron chi connectivity index (χ0n) is 10.9. The molecule has 0 bridgehead atoms. The van der Waals surface area contributed by atoms with E-state index in [1.54, 1.807) is 30.9 Å². The number of aromatic nitrogens is 4. The highest BCUT2D eigenvalue weighted by atomic mass is 16.5. The predicted octanol–water partition coefficient (Wildman–Crippen LogP) is -0.195. The van der Waals surface area contributed by atoms with E-state index in [4.69, 9.17) is 10.3 Å². The summed E-state index contributed by atoms with van der Waals surface area (Å²) in [6, 6.07) is 1.79. The second-order valence-corrected chi connectivity index (χ2v) is 4.25. The predicted molar refractivity (Wildman–Crippen MR) is 66.1 cm³/mol. The van der Waals surface area contributed by atoms with Crippen LogP contribution in [0.3, 0.4) is 0 Å². The molecule has 8 heteroatoms. The minimum atomic E-state index is -0.219. The Balaban J connectivity index is 2.01. The highest BCUT2D eigenvalue weighted by Crippen LogP contribution is 2.07. The van der Waals surface area contributed by atoms with Crippen LogP contribution in [0.25, 0.3) is 0 Å². The van der Waals surface area contributed by atoms with E-state index >= 15 is 0 Å². The molecular formula is C11H16N6O2. The molecule has 1 amide bonds. The molecule has 2 aromatic rings. The SMILES string of the molecule is Cc1cc(CN(C)C(=O)c2cn(CCN)nn2)no1. The molecule has 0 atom stereocenters. The fourth-order valence-electron chi connectivity index (χ4n) is 1.64. The van der Waals surface area contributed by atoms with Crippen LogP contribution >= 0.6 is 0 Å². The molecule has 0 saturated heterocycles. The highest BCUT2D eigenvalue weighted by molar-refractivity contribution is 5.91. The summed E-state index contributed by atoms with van der Waals surface area (Å²) in [6.07, 6.45) is 1.58. The van der Waals surface area contributed by atoms with Gasteiger partial charge < -0.3 is 15.2 Å². The molecular weight excluding hydrogens is 248 g/mol. The minimum Gasteiger partial charge on any atom is -0.361 e. The Hall–Kier alpha value is -2.22. The summed E-state index contributed by atoms with van der Waals surface area (Å²) in [7, 11) is 1.67. The molecule has 2 aromatic heterocycles. The fourth-order valence-corrected chi connectivity index (χ4v) is 1.64. The van der Waals surface area contributed by atoms with Crippen molar-refractivity contribution < 1.29 is 9.32 Å². The van der Waals surface area contributed by atoms with Gasteiger partial charge in [0.1, 0.15) is 11.5 Å². The molecule has 0 aliphatic carbocycles. The van der Waals surface area contributed by atoms with Crippen molar-refractivity contribution in [3.8, 4) is 0 Å². The summed E-state index contributed by atoms with van der Waals surface area (Å²) in [5.74, 6) is 0.494. The average Bonchev–Trinajstić information content (AvgIpc) is 2.98. The van der Waals surface area contributed by atoms with E-state index in [-0.39, 0.29) is 11.6 Å². The summed E-state index contributed by atoms with van der Waals surface area (Å²) < 4.78 is 6.50. The summed E-state index contributed by atoms with van der Waals surface area (Å²) in [5.41, 5.74) is 6.39. The molecule has 0 saturated carbocycles. The lowest BCUT2D eigenvalue weighted by atomic mass is 10.3. The van der Waals surface area contributed by atoms with Gasteiger partial charge in [0.25, 0.3) is 5.91 Å². The Morgan fingerprint density at radius 1 is 1.58 bits per heavy atom. The number of rotatable bonds is 5. The molecule has 0 aliphatic heterocycles. The highest BCUT2D eigenvalue weighted by Gasteiger charge is 2.17. The Morgan fingerprint density at radius 3 is 3.00 bits per heavy atom. The normalized spacial score (nSPS) is 10.7. The number of hydrogen-bond acceptors (Lipinski definition) is 6. The lowest BCUT2D eigenvalue weighted by Crippen LogP contribution is -2.26. The Labute approximate surface area is 110 Å². The van der Waals surface area contributed by atoms with Crippen molar-refractivity contribution in [3.63, 3.8) is 0 Å². The van der Waals surface area contributed by atoms with Gasteiger partial charge in [0.05, 0.1) is 19.3 Å². The van der Waals surface area contributed by atoms with E-state index in [1.165, 1.54) is 4.90 Å². The summed E-state index contributed by atoms with van der Waals surface area (Å²) in [5, 5.41) is 11.5. The van der Waals surface area contributed by atoms with Gasteiger partial charge in [0, 0.05) is 19.7 Å². The van der Waals surface area contributed by atoms with E-state index in [0.717, 1.165) is 0 Å². The smallest absolute Gasteiger partial charge is 0.276 e. The Bertz CT molecular complexity index is 561. The van der Waals surface area contributed by atoms with Crippen molar-refractivity contribution in [1.29, 1.82) is 0 Å². The van der Waals surface area contributed by atoms with E-state index in [1.807, 2.05) is 0 Å². The maximum absolute atomic E-state index is 12.1. The molecule has 2 rings (SSSR count). The quantitative estimate of drug-likeness (QED) is 0.802. The third kappa shape index (κ3) is 3.16. The van der Waals surface area contributed by atoms with Gasteiger partial charge in [-0.05, 0) is 6.92 Å². The third-order valence-electron chi connectivity index (χ3n) is 2.54. The van der Waals surface area contributed by atoms with Gasteiger partial charge in [-0.3, -0.25) is 9.48 Å². The number of carbonyl (C=O) groups is 1. The van der Waals surface area contributed by atoms with E-state index in [0.29, 0.717) is 31.1 Å². The van der Waals surface area contributed by atoms with Gasteiger partial charge in [-0.2, -0.15) is 0 Å². The van der Waals surface area contributed by atoms with Crippen molar-refractivity contribution >= 4 is 5.91 Å². The van der Waals surface area contributed by atoms with E-state index < -0.39 is 0 Å². The molecule has 0 unspecified atom stereocenters. The van der Waals surface area contributed by atoms with Crippen LogP contribution in [0, 0.1) is 6.92 Å². The van der Waals surface area contributed by atoms with Crippen LogP contribution in [-0.4, -0.2) is 44.6 Å². The largest absolute Gasteiger partial charge is 0.361 e. The number of aryl methyl sites for hydroxylation is 1. The first-order valence-corrected chi connectivity index (χ1v) is 5.88. The van der Waals surface area contributed by atoms with Gasteiger partial charge in [0.2, 0.25) is 0 Å². The summed E-state index contributed by atoms with van der Waals surface area (Å²) in [4.78, 5) is 13.6. The van der Waals surface area contributed by atoms with Crippen LogP contribution in [0.5, 0.6) is 0 Å².